The molecule has 1 aromatic rings. The van der Waals surface area contributed by atoms with Crippen molar-refractivity contribution in [2.75, 3.05) is 6.61 Å². The Morgan fingerprint density at radius 1 is 1.11 bits per heavy atom. The van der Waals surface area contributed by atoms with E-state index in [4.69, 9.17) is 4.74 Å². The number of benzene rings is 1. The molecule has 0 aromatic heterocycles. The second kappa shape index (κ2) is 8.02. The molecule has 18 heavy (non-hydrogen) atoms. The van der Waals surface area contributed by atoms with Gasteiger partial charge in [0.25, 0.3) is 0 Å². The Morgan fingerprint density at radius 3 is 2.50 bits per heavy atom. The molecule has 0 unspecified atom stereocenters. The lowest BCUT2D eigenvalue weighted by atomic mass is 10.0. The van der Waals surface area contributed by atoms with Gasteiger partial charge < -0.3 is 9.84 Å². The molecule has 0 aliphatic carbocycles. The molecule has 0 heterocycles. The van der Waals surface area contributed by atoms with E-state index in [1.165, 1.54) is 25.7 Å². The first-order valence-corrected chi connectivity index (χ1v) is 7.02. The molecule has 0 fully saturated rings. The smallest absolute Gasteiger partial charge is 0.163 e. The van der Waals surface area contributed by atoms with Gasteiger partial charge >= 0.3 is 0 Å². The Kier molecular flexibility index (Phi) is 6.63. The lowest BCUT2D eigenvalue weighted by Crippen LogP contribution is -1.99. The SMILES string of the molecule is Cc1cccc(O)c1OCCCCCCC(C)C. The Morgan fingerprint density at radius 2 is 1.83 bits per heavy atom. The molecule has 0 bridgehead atoms. The van der Waals surface area contributed by atoms with Gasteiger partial charge in [-0.1, -0.05) is 51.7 Å². The molecule has 0 amide bonds. The number of aryl methyl sites for hydroxylation is 1. The summed E-state index contributed by atoms with van der Waals surface area (Å²) in [6.07, 6.45) is 6.18. The predicted octanol–water partition coefficient (Wildman–Crippen LogP) is 4.69. The lowest BCUT2D eigenvalue weighted by molar-refractivity contribution is 0.286. The molecule has 0 radical (unpaired) electrons. The molecule has 0 aliphatic heterocycles. The molecule has 1 rings (SSSR count). The first kappa shape index (κ1) is 14.9. The quantitative estimate of drug-likeness (QED) is 0.678. The first-order valence-electron chi connectivity index (χ1n) is 7.02. The summed E-state index contributed by atoms with van der Waals surface area (Å²) in [5, 5.41) is 9.67. The van der Waals surface area contributed by atoms with Gasteiger partial charge in [-0.2, -0.15) is 0 Å². The molecule has 1 aromatic carbocycles. The molecule has 0 atom stereocenters. The van der Waals surface area contributed by atoms with Crippen molar-refractivity contribution in [3.05, 3.63) is 23.8 Å². The maximum absolute atomic E-state index is 9.67. The van der Waals surface area contributed by atoms with E-state index in [1.54, 1.807) is 6.07 Å². The highest BCUT2D eigenvalue weighted by Crippen LogP contribution is 2.29. The minimum Gasteiger partial charge on any atom is -0.504 e. The molecule has 102 valence electrons. The van der Waals surface area contributed by atoms with Crippen LogP contribution in [0.25, 0.3) is 0 Å². The van der Waals surface area contributed by atoms with Crippen molar-refractivity contribution in [2.45, 2.75) is 52.9 Å². The van der Waals surface area contributed by atoms with Gasteiger partial charge in [-0.15, -0.1) is 0 Å². The van der Waals surface area contributed by atoms with Crippen LogP contribution in [0.4, 0.5) is 0 Å². The van der Waals surface area contributed by atoms with Crippen molar-refractivity contribution in [1.82, 2.24) is 0 Å². The number of phenols is 1. The molecular weight excluding hydrogens is 224 g/mol. The van der Waals surface area contributed by atoms with E-state index >= 15 is 0 Å². The first-order chi connectivity index (χ1) is 8.61. The zero-order chi connectivity index (χ0) is 13.4. The zero-order valence-corrected chi connectivity index (χ0v) is 11.9. The predicted molar refractivity (Wildman–Crippen MR) is 76.3 cm³/mol. The number of unbranched alkanes of at least 4 members (excludes halogenated alkanes) is 3. The fraction of sp³-hybridized carbons (Fsp3) is 0.625. The Labute approximate surface area is 111 Å². The highest BCUT2D eigenvalue weighted by molar-refractivity contribution is 5.44. The van der Waals surface area contributed by atoms with Gasteiger partial charge in [0.1, 0.15) is 0 Å². The average Bonchev–Trinajstić information content (AvgIpc) is 2.30. The highest BCUT2D eigenvalue weighted by atomic mass is 16.5. The van der Waals surface area contributed by atoms with Crippen LogP contribution in [0.1, 0.15) is 51.5 Å². The van der Waals surface area contributed by atoms with E-state index in [2.05, 4.69) is 13.8 Å². The van der Waals surface area contributed by atoms with Gasteiger partial charge in [0.2, 0.25) is 0 Å². The minimum absolute atomic E-state index is 0.245. The summed E-state index contributed by atoms with van der Waals surface area (Å²) in [5.74, 6) is 1.69. The third-order valence-electron chi connectivity index (χ3n) is 3.11. The third-order valence-corrected chi connectivity index (χ3v) is 3.11. The monoisotopic (exact) mass is 250 g/mol. The van der Waals surface area contributed by atoms with Gasteiger partial charge in [-0.05, 0) is 30.9 Å². The van der Waals surface area contributed by atoms with Crippen molar-refractivity contribution in [1.29, 1.82) is 0 Å². The molecule has 2 heteroatoms. The minimum atomic E-state index is 0.245. The topological polar surface area (TPSA) is 29.5 Å². The van der Waals surface area contributed by atoms with Crippen LogP contribution >= 0.6 is 0 Å². The lowest BCUT2D eigenvalue weighted by Gasteiger charge is -2.10. The Bertz CT molecular complexity index is 325. The average molecular weight is 250 g/mol. The van der Waals surface area contributed by atoms with Gasteiger partial charge in [0, 0.05) is 0 Å². The molecular formula is C16H26O2. The maximum atomic E-state index is 9.67. The van der Waals surface area contributed by atoms with Crippen molar-refractivity contribution < 1.29 is 9.84 Å². The standard InChI is InChI=1S/C16H26O2/c1-13(2)9-6-4-5-7-12-18-16-14(3)10-8-11-15(16)17/h8,10-11,13,17H,4-7,9,12H2,1-3H3. The molecule has 0 saturated heterocycles. The van der Waals surface area contributed by atoms with Crippen LogP contribution in [0.5, 0.6) is 11.5 Å². The number of rotatable bonds is 8. The van der Waals surface area contributed by atoms with Crippen molar-refractivity contribution in [3.8, 4) is 11.5 Å². The fourth-order valence-electron chi connectivity index (χ4n) is 2.01. The third kappa shape index (κ3) is 5.44. The molecule has 0 spiro atoms. The van der Waals surface area contributed by atoms with E-state index in [0.29, 0.717) is 12.4 Å². The summed E-state index contributed by atoms with van der Waals surface area (Å²) in [6.45, 7) is 7.19. The molecule has 0 aliphatic rings. The summed E-state index contributed by atoms with van der Waals surface area (Å²) >= 11 is 0. The fourth-order valence-corrected chi connectivity index (χ4v) is 2.01. The molecule has 1 N–H and O–H groups in total. The van der Waals surface area contributed by atoms with Gasteiger partial charge in [0.15, 0.2) is 11.5 Å². The van der Waals surface area contributed by atoms with E-state index in [0.717, 1.165) is 17.9 Å². The number of aromatic hydroxyl groups is 1. The largest absolute Gasteiger partial charge is 0.504 e. The number of hydrogen-bond donors (Lipinski definition) is 1. The van der Waals surface area contributed by atoms with Crippen molar-refractivity contribution in [3.63, 3.8) is 0 Å². The number of para-hydroxylation sites is 1. The van der Waals surface area contributed by atoms with Crippen LogP contribution < -0.4 is 4.74 Å². The van der Waals surface area contributed by atoms with Gasteiger partial charge in [-0.25, -0.2) is 0 Å². The van der Waals surface area contributed by atoms with Gasteiger partial charge in [-0.3, -0.25) is 0 Å². The van der Waals surface area contributed by atoms with Crippen LogP contribution in [0.2, 0.25) is 0 Å². The molecule has 2 nitrogen and oxygen atoms in total. The summed E-state index contributed by atoms with van der Waals surface area (Å²) in [4.78, 5) is 0. The van der Waals surface area contributed by atoms with E-state index < -0.39 is 0 Å². The summed E-state index contributed by atoms with van der Waals surface area (Å²) < 4.78 is 5.65. The van der Waals surface area contributed by atoms with Crippen LogP contribution in [0, 0.1) is 12.8 Å². The highest BCUT2D eigenvalue weighted by Gasteiger charge is 2.04. The summed E-state index contributed by atoms with van der Waals surface area (Å²) in [6, 6.07) is 5.46. The van der Waals surface area contributed by atoms with Gasteiger partial charge in [0.05, 0.1) is 6.61 Å². The summed E-state index contributed by atoms with van der Waals surface area (Å²) in [5.41, 5.74) is 0.995. The zero-order valence-electron chi connectivity index (χ0n) is 11.9. The number of phenolic OH excluding ortho intramolecular Hbond substituents is 1. The van der Waals surface area contributed by atoms with Crippen LogP contribution in [0.15, 0.2) is 18.2 Å². The van der Waals surface area contributed by atoms with E-state index in [1.807, 2.05) is 19.1 Å². The Balaban J connectivity index is 2.14. The molecule has 0 saturated carbocycles. The van der Waals surface area contributed by atoms with Crippen molar-refractivity contribution >= 4 is 0 Å². The number of ether oxygens (including phenoxy) is 1. The second-order valence-electron chi connectivity index (χ2n) is 5.37. The van der Waals surface area contributed by atoms with E-state index in [9.17, 15) is 5.11 Å². The van der Waals surface area contributed by atoms with Crippen LogP contribution in [0.3, 0.4) is 0 Å². The van der Waals surface area contributed by atoms with Crippen LogP contribution in [-0.2, 0) is 0 Å². The summed E-state index contributed by atoms with van der Waals surface area (Å²) in [7, 11) is 0. The number of hydrogen-bond acceptors (Lipinski definition) is 2. The maximum Gasteiger partial charge on any atom is 0.163 e. The van der Waals surface area contributed by atoms with Crippen LogP contribution in [-0.4, -0.2) is 11.7 Å². The van der Waals surface area contributed by atoms with Crippen molar-refractivity contribution in [2.24, 2.45) is 5.92 Å². The second-order valence-corrected chi connectivity index (χ2v) is 5.37. The van der Waals surface area contributed by atoms with E-state index in [-0.39, 0.29) is 5.75 Å². The normalized spacial score (nSPS) is 10.9. The Hall–Kier alpha value is -1.18.